The number of nitrogens with one attached hydrogen (secondary N) is 4. The minimum Gasteiger partial charge on any atom is -0.468 e. The largest absolute Gasteiger partial charge is 0.468 e. The van der Waals surface area contributed by atoms with E-state index in [0.29, 0.717) is 35.8 Å². The van der Waals surface area contributed by atoms with Crippen LogP contribution in [0.1, 0.15) is 193 Å². The van der Waals surface area contributed by atoms with Crippen molar-refractivity contribution in [2.75, 3.05) is 13.7 Å². The first-order valence-corrected chi connectivity index (χ1v) is 24.9. The van der Waals surface area contributed by atoms with Crippen molar-refractivity contribution >= 4 is 41.5 Å². The van der Waals surface area contributed by atoms with Crippen molar-refractivity contribution in [2.24, 2.45) is 41.4 Å². The van der Waals surface area contributed by atoms with E-state index >= 15 is 0 Å². The lowest BCUT2D eigenvalue weighted by Gasteiger charge is -2.20. The zero-order valence-corrected chi connectivity index (χ0v) is 41.4. The molecule has 8 bridgehead atoms. The summed E-state index contributed by atoms with van der Waals surface area (Å²) in [5, 5.41) is 5.78. The van der Waals surface area contributed by atoms with Crippen molar-refractivity contribution < 1.29 is 23.9 Å². The Kier molecular flexibility index (Phi) is 16.5. The summed E-state index contributed by atoms with van der Waals surface area (Å²) >= 11 is 0. The van der Waals surface area contributed by atoms with Gasteiger partial charge >= 0.3 is 11.9 Å². The molecule has 3 aromatic rings. The number of allylic oxidation sites excluding steroid dienone is 2. The predicted molar refractivity (Wildman–Crippen MR) is 261 cm³/mol. The Morgan fingerprint density at radius 3 is 1.91 bits per heavy atom. The summed E-state index contributed by atoms with van der Waals surface area (Å²) in [5.74, 6) is 0.449. The van der Waals surface area contributed by atoms with Crippen molar-refractivity contribution in [1.82, 2.24) is 20.3 Å². The fourth-order valence-electron chi connectivity index (χ4n) is 10.9. The molecule has 0 amide bonds. The lowest BCUT2D eigenvalue weighted by Crippen LogP contribution is -2.25. The topological polar surface area (TPSA) is 129 Å². The average molecular weight is 877 g/mol. The molecule has 2 aliphatic heterocycles. The van der Waals surface area contributed by atoms with Crippen LogP contribution < -0.4 is 16.0 Å². The molecule has 0 spiro atoms. The molecular weight excluding hydrogens is 797 g/mol. The quantitative estimate of drug-likeness (QED) is 0.0623. The Balaban J connectivity index is 1.19. The molecule has 9 nitrogen and oxygen atoms in total. The van der Waals surface area contributed by atoms with Crippen molar-refractivity contribution in [2.45, 2.75) is 166 Å². The molecule has 1 fully saturated rings. The van der Waals surface area contributed by atoms with E-state index in [-0.39, 0.29) is 30.0 Å². The molecule has 0 aromatic carbocycles. The van der Waals surface area contributed by atoms with E-state index in [2.05, 4.69) is 108 Å². The molecule has 64 heavy (non-hydrogen) atoms. The molecule has 1 saturated heterocycles. The van der Waals surface area contributed by atoms with E-state index in [0.717, 1.165) is 88.2 Å². The molecule has 3 aromatic heterocycles. The maximum Gasteiger partial charge on any atom is 0.321 e. The van der Waals surface area contributed by atoms with E-state index in [4.69, 9.17) is 9.47 Å². The lowest BCUT2D eigenvalue weighted by atomic mass is 9.85. The van der Waals surface area contributed by atoms with Gasteiger partial charge in [-0.15, -0.1) is 0 Å². The Labute approximate surface area is 383 Å². The summed E-state index contributed by atoms with van der Waals surface area (Å²) in [5.41, 5.74) is 12.1. The van der Waals surface area contributed by atoms with E-state index < -0.39 is 11.9 Å². The highest BCUT2D eigenvalue weighted by atomic mass is 16.5. The average Bonchev–Trinajstić information content (AvgIpc) is 3.99. The number of carbonyl (C=O) groups is 3. The third-order valence-electron chi connectivity index (χ3n) is 15.1. The number of Topliss-reactive ketones (excluding diaryl/α,β-unsaturated/α-hetero) is 1. The van der Waals surface area contributed by atoms with Crippen LogP contribution in [-0.4, -0.2) is 46.4 Å². The van der Waals surface area contributed by atoms with E-state index in [9.17, 15) is 14.4 Å². The van der Waals surface area contributed by atoms with Crippen molar-refractivity contribution in [3.63, 3.8) is 0 Å². The van der Waals surface area contributed by atoms with Gasteiger partial charge in [0.15, 0.2) is 5.78 Å². The molecule has 6 rings (SSSR count). The van der Waals surface area contributed by atoms with Crippen LogP contribution in [0.2, 0.25) is 0 Å². The zero-order valence-electron chi connectivity index (χ0n) is 41.4. The Morgan fingerprint density at radius 1 is 0.703 bits per heavy atom. The van der Waals surface area contributed by atoms with Crippen molar-refractivity contribution in [3.8, 4) is 0 Å². The van der Waals surface area contributed by atoms with Gasteiger partial charge in [0, 0.05) is 68.6 Å². The summed E-state index contributed by atoms with van der Waals surface area (Å²) in [6.45, 7) is 24.9. The highest BCUT2D eigenvalue weighted by Crippen LogP contribution is 2.48. The summed E-state index contributed by atoms with van der Waals surface area (Å²) in [7, 11) is 1.34. The number of hydrogen-bond acceptors (Lipinski definition) is 6. The monoisotopic (exact) mass is 877 g/mol. The summed E-state index contributed by atoms with van der Waals surface area (Å²) < 4.78 is 11.2. The molecule has 5 heterocycles. The third kappa shape index (κ3) is 10.8. The molecule has 0 radical (unpaired) electrons. The first kappa shape index (κ1) is 48.9. The van der Waals surface area contributed by atoms with E-state index in [1.54, 1.807) is 0 Å². The molecule has 1 aliphatic carbocycles. The SMILES string of the molecule is CCc1c2[nH]c(c1C)/C=C1\N/C(=C3\c4[nH]c(c(C)c4C(=O)[C@@H]3C(=O)OC)/C=c3\[nH]/c(c(C)c3CC)=C\2)[C@@H](CCC(=O)OCCC(C)CCC[C@@H](C)CCC[C@H](C)CCCC(C)C)[C@@H]1C. The first-order valence-electron chi connectivity index (χ1n) is 24.9. The van der Waals surface area contributed by atoms with Crippen molar-refractivity contribution in [3.05, 3.63) is 78.2 Å². The maximum absolute atomic E-state index is 14.4. The van der Waals surface area contributed by atoms with Gasteiger partial charge in [0.2, 0.25) is 0 Å². The van der Waals surface area contributed by atoms with Crippen LogP contribution in [0.5, 0.6) is 0 Å². The number of ether oxygens (including phenoxy) is 2. The smallest absolute Gasteiger partial charge is 0.321 e. The summed E-state index contributed by atoms with van der Waals surface area (Å²) in [6.07, 6.45) is 21.5. The van der Waals surface area contributed by atoms with Gasteiger partial charge in [0.05, 0.1) is 19.4 Å². The second-order valence-electron chi connectivity index (χ2n) is 20.3. The predicted octanol–water partition coefficient (Wildman–Crippen LogP) is 11.1. The van der Waals surface area contributed by atoms with Crippen LogP contribution in [0.3, 0.4) is 0 Å². The second kappa shape index (κ2) is 21.6. The summed E-state index contributed by atoms with van der Waals surface area (Å²) in [6, 6.07) is 0. The standard InChI is InChI=1S/C55H80N4O5/c1-13-39-35(8)42-28-44-37(10)41(24-25-48(60)64-27-26-34(7)23-17-22-33(6)21-16-20-32(5)19-15-18-31(3)4)52(58-44)50-51(55(62)63-12)54(61)49-38(11)45(59-53(49)50)30-47-40(14-2)36(9)43(57-47)29-46(39)56-42/h28-34,37,41,51,56-59H,13-27H2,1-12H3/b43-29-,44-28-,47-30-,52-50-/t32-,33+,34?,37+,41+,51-/m1/s1. The van der Waals surface area contributed by atoms with E-state index in [1.165, 1.54) is 80.7 Å². The number of hydrogen-bond donors (Lipinski definition) is 4. The number of aromatic nitrogens is 3. The normalized spacial score (nSPS) is 22.3. The number of rotatable bonds is 21. The third-order valence-corrected chi connectivity index (χ3v) is 15.1. The van der Waals surface area contributed by atoms with Crippen LogP contribution in [0.25, 0.3) is 23.8 Å². The second-order valence-corrected chi connectivity index (χ2v) is 20.3. The minimum absolute atomic E-state index is 0.0499. The summed E-state index contributed by atoms with van der Waals surface area (Å²) in [4.78, 5) is 52.6. The fraction of sp³-hybridized carbons (Fsp3) is 0.618. The molecular formula is C55H80N4O5. The molecule has 4 N–H and O–H groups in total. The van der Waals surface area contributed by atoms with Gasteiger partial charge in [-0.2, -0.15) is 0 Å². The zero-order chi connectivity index (χ0) is 46.4. The fourth-order valence-corrected chi connectivity index (χ4v) is 10.9. The van der Waals surface area contributed by atoms with Crippen LogP contribution in [0.15, 0.2) is 11.4 Å². The highest BCUT2D eigenvalue weighted by Gasteiger charge is 2.48. The number of H-pyrrole nitrogens is 3. The molecule has 9 heteroatoms. The van der Waals surface area contributed by atoms with Crippen LogP contribution in [-0.2, 0) is 31.9 Å². The molecule has 1 unspecified atom stereocenters. The number of fused-ring (bicyclic) bond motifs is 7. The van der Waals surface area contributed by atoms with Crippen LogP contribution in [0.4, 0.5) is 0 Å². The molecule has 6 atom stereocenters. The van der Waals surface area contributed by atoms with Gasteiger partial charge in [-0.3, -0.25) is 14.4 Å². The first-order chi connectivity index (χ1) is 30.6. The maximum atomic E-state index is 14.4. The van der Waals surface area contributed by atoms with Gasteiger partial charge in [-0.25, -0.2) is 0 Å². The number of methoxy groups -OCH3 is 1. The van der Waals surface area contributed by atoms with Crippen LogP contribution >= 0.6 is 0 Å². The highest BCUT2D eigenvalue weighted by molar-refractivity contribution is 6.24. The van der Waals surface area contributed by atoms with Gasteiger partial charge in [-0.1, -0.05) is 113 Å². The molecule has 350 valence electrons. The van der Waals surface area contributed by atoms with Gasteiger partial charge in [0.25, 0.3) is 0 Å². The van der Waals surface area contributed by atoms with Gasteiger partial charge < -0.3 is 29.7 Å². The number of aromatic amines is 3. The lowest BCUT2D eigenvalue weighted by molar-refractivity contribution is -0.144. The number of carbonyl (C=O) groups excluding carboxylic acids is 3. The molecule has 3 aliphatic rings. The number of esters is 2. The Morgan fingerprint density at radius 2 is 1.30 bits per heavy atom. The number of ketones is 1. The Hall–Kier alpha value is -4.53. The molecule has 0 saturated carbocycles. The van der Waals surface area contributed by atoms with Gasteiger partial charge in [-0.05, 0) is 116 Å². The minimum atomic E-state index is -1.12. The van der Waals surface area contributed by atoms with Crippen LogP contribution in [0, 0.1) is 62.2 Å². The van der Waals surface area contributed by atoms with E-state index in [1.807, 2.05) is 6.92 Å². The Bertz CT molecular complexity index is 2350. The van der Waals surface area contributed by atoms with Gasteiger partial charge in [0.1, 0.15) is 5.92 Å². The van der Waals surface area contributed by atoms with Crippen molar-refractivity contribution in [1.29, 1.82) is 0 Å².